The molecule has 1 amide bonds. The molecular formula is C20H21F2NO4. The molecule has 0 aliphatic heterocycles. The van der Waals surface area contributed by atoms with Gasteiger partial charge in [-0.25, -0.2) is 0 Å². The molecule has 1 atom stereocenters. The fraction of sp³-hybridized carbons (Fsp3) is 0.300. The predicted molar refractivity (Wildman–Crippen MR) is 95.6 cm³/mol. The van der Waals surface area contributed by atoms with Gasteiger partial charge in [0.2, 0.25) is 5.91 Å². The van der Waals surface area contributed by atoms with Crippen molar-refractivity contribution in [1.82, 2.24) is 5.32 Å². The Bertz CT molecular complexity index is 735. The molecule has 2 aromatic rings. The minimum absolute atomic E-state index is 0.0502. The van der Waals surface area contributed by atoms with Crippen molar-refractivity contribution in [2.75, 3.05) is 0 Å². The van der Waals surface area contributed by atoms with Gasteiger partial charge in [-0.15, -0.1) is 0 Å². The molecule has 0 saturated heterocycles. The van der Waals surface area contributed by atoms with Crippen molar-refractivity contribution in [2.45, 2.75) is 38.3 Å². The number of hydrogen-bond acceptors (Lipinski definition) is 3. The summed E-state index contributed by atoms with van der Waals surface area (Å²) in [6.45, 7) is -2.87. The van der Waals surface area contributed by atoms with Crippen LogP contribution >= 0.6 is 0 Å². The lowest BCUT2D eigenvalue weighted by atomic mass is 10.0. The number of hydrogen-bond donors (Lipinski definition) is 2. The van der Waals surface area contributed by atoms with Gasteiger partial charge >= 0.3 is 12.6 Å². The molecule has 1 unspecified atom stereocenters. The van der Waals surface area contributed by atoms with Crippen LogP contribution in [0.25, 0.3) is 0 Å². The van der Waals surface area contributed by atoms with E-state index in [9.17, 15) is 18.4 Å². The lowest BCUT2D eigenvalue weighted by Gasteiger charge is -2.18. The third-order valence-corrected chi connectivity index (χ3v) is 3.97. The van der Waals surface area contributed by atoms with Crippen molar-refractivity contribution >= 4 is 11.9 Å². The topological polar surface area (TPSA) is 75.6 Å². The van der Waals surface area contributed by atoms with E-state index in [1.54, 1.807) is 12.1 Å². The van der Waals surface area contributed by atoms with Gasteiger partial charge in [0.1, 0.15) is 5.75 Å². The molecule has 7 heteroatoms. The number of carboxylic acids is 1. The maximum Gasteiger partial charge on any atom is 0.387 e. The van der Waals surface area contributed by atoms with Crippen molar-refractivity contribution in [3.05, 3.63) is 65.7 Å². The lowest BCUT2D eigenvalue weighted by Crippen LogP contribution is -2.29. The molecule has 0 radical (unpaired) electrons. The fourth-order valence-electron chi connectivity index (χ4n) is 2.64. The molecule has 0 fully saturated rings. The molecule has 0 aliphatic carbocycles. The molecule has 2 rings (SSSR count). The van der Waals surface area contributed by atoms with Crippen LogP contribution in [0.2, 0.25) is 0 Å². The molecule has 0 saturated carbocycles. The third kappa shape index (κ3) is 7.43. The van der Waals surface area contributed by atoms with Crippen LogP contribution in [0.4, 0.5) is 8.78 Å². The number of alkyl halides is 2. The largest absolute Gasteiger partial charge is 0.481 e. The Morgan fingerprint density at radius 3 is 2.26 bits per heavy atom. The monoisotopic (exact) mass is 377 g/mol. The van der Waals surface area contributed by atoms with E-state index in [1.165, 1.54) is 12.1 Å². The van der Waals surface area contributed by atoms with Gasteiger partial charge < -0.3 is 15.2 Å². The first kappa shape index (κ1) is 20.4. The highest BCUT2D eigenvalue weighted by Crippen LogP contribution is 2.19. The van der Waals surface area contributed by atoms with Crippen LogP contribution in [-0.4, -0.2) is 23.6 Å². The maximum absolute atomic E-state index is 12.3. The number of carboxylic acid groups (broad SMARTS) is 1. The predicted octanol–water partition coefficient (Wildman–Crippen LogP) is 3.94. The Morgan fingerprint density at radius 1 is 1.00 bits per heavy atom. The van der Waals surface area contributed by atoms with Crippen molar-refractivity contribution < 1.29 is 28.2 Å². The first-order valence-corrected chi connectivity index (χ1v) is 8.54. The van der Waals surface area contributed by atoms with Gasteiger partial charge in [0.15, 0.2) is 0 Å². The summed E-state index contributed by atoms with van der Waals surface area (Å²) >= 11 is 0. The van der Waals surface area contributed by atoms with E-state index in [2.05, 4.69) is 10.1 Å². The highest BCUT2D eigenvalue weighted by atomic mass is 19.3. The van der Waals surface area contributed by atoms with Gasteiger partial charge in [0, 0.05) is 12.8 Å². The van der Waals surface area contributed by atoms with Crippen LogP contribution in [-0.2, 0) is 16.0 Å². The van der Waals surface area contributed by atoms with Crippen molar-refractivity contribution in [3.8, 4) is 5.75 Å². The minimum atomic E-state index is -2.87. The quantitative estimate of drug-likeness (QED) is 0.658. The van der Waals surface area contributed by atoms with E-state index in [4.69, 9.17) is 5.11 Å². The summed E-state index contributed by atoms with van der Waals surface area (Å²) in [5, 5.41) is 11.8. The molecule has 0 spiro atoms. The second-order valence-corrected chi connectivity index (χ2v) is 5.99. The Kier molecular flexibility index (Phi) is 7.73. The number of halogens is 2. The van der Waals surface area contributed by atoms with E-state index in [1.807, 2.05) is 30.3 Å². The molecule has 144 valence electrons. The molecule has 2 aromatic carbocycles. The summed E-state index contributed by atoms with van der Waals surface area (Å²) in [6.07, 6.45) is 0.878. The maximum atomic E-state index is 12.3. The zero-order valence-corrected chi connectivity index (χ0v) is 14.6. The van der Waals surface area contributed by atoms with Crippen LogP contribution < -0.4 is 10.1 Å². The smallest absolute Gasteiger partial charge is 0.387 e. The van der Waals surface area contributed by atoms with E-state index >= 15 is 0 Å². The number of aliphatic carboxylic acids is 1. The molecule has 5 nitrogen and oxygen atoms in total. The van der Waals surface area contributed by atoms with Gasteiger partial charge in [-0.1, -0.05) is 42.5 Å². The summed E-state index contributed by atoms with van der Waals surface area (Å²) < 4.78 is 28.6. The van der Waals surface area contributed by atoms with E-state index < -0.39 is 12.6 Å². The molecule has 2 N–H and O–H groups in total. The zero-order valence-electron chi connectivity index (χ0n) is 14.6. The molecular weight excluding hydrogens is 356 g/mol. The molecule has 0 aliphatic rings. The van der Waals surface area contributed by atoms with Crippen molar-refractivity contribution in [3.63, 3.8) is 0 Å². The average Bonchev–Trinajstić information content (AvgIpc) is 2.64. The van der Waals surface area contributed by atoms with E-state index in [-0.39, 0.29) is 30.5 Å². The first-order chi connectivity index (χ1) is 12.9. The second-order valence-electron chi connectivity index (χ2n) is 5.99. The number of carbonyl (C=O) groups is 2. The zero-order chi connectivity index (χ0) is 19.6. The Labute approximate surface area is 156 Å². The van der Waals surface area contributed by atoms with Crippen LogP contribution in [0.5, 0.6) is 5.75 Å². The summed E-state index contributed by atoms with van der Waals surface area (Å²) in [5.74, 6) is -1.06. The Balaban J connectivity index is 1.90. The summed E-state index contributed by atoms with van der Waals surface area (Å²) in [6, 6.07) is 14.9. The van der Waals surface area contributed by atoms with Gasteiger partial charge in [-0.2, -0.15) is 8.78 Å². The second kappa shape index (κ2) is 10.3. The molecule has 0 aromatic heterocycles. The van der Waals surface area contributed by atoms with Crippen LogP contribution in [0.1, 0.15) is 36.4 Å². The first-order valence-electron chi connectivity index (χ1n) is 8.54. The summed E-state index contributed by atoms with van der Waals surface area (Å²) in [5.41, 5.74) is 1.66. The Hall–Kier alpha value is -2.96. The minimum Gasteiger partial charge on any atom is -0.481 e. The van der Waals surface area contributed by atoms with E-state index in [0.717, 1.165) is 11.1 Å². The highest BCUT2D eigenvalue weighted by Gasteiger charge is 2.16. The van der Waals surface area contributed by atoms with Gasteiger partial charge in [0.05, 0.1) is 6.04 Å². The summed E-state index contributed by atoms with van der Waals surface area (Å²) in [4.78, 5) is 23.1. The van der Waals surface area contributed by atoms with E-state index in [0.29, 0.717) is 12.8 Å². The number of benzene rings is 2. The number of ether oxygens (including phenoxy) is 1. The standard InChI is InChI=1S/C20H21F2NO4/c21-20(22)27-16-9-6-14(7-10-16)8-12-18(24)23-17(11-13-19(25)26)15-4-2-1-3-5-15/h1-7,9-10,17,20H,8,11-13H2,(H,23,24)(H,25,26). The summed E-state index contributed by atoms with van der Waals surface area (Å²) in [7, 11) is 0. The molecule has 27 heavy (non-hydrogen) atoms. The number of amides is 1. The molecule has 0 bridgehead atoms. The van der Waals surface area contributed by atoms with Gasteiger partial charge in [-0.3, -0.25) is 9.59 Å². The number of nitrogens with one attached hydrogen (secondary N) is 1. The van der Waals surface area contributed by atoms with Crippen molar-refractivity contribution in [1.29, 1.82) is 0 Å². The Morgan fingerprint density at radius 2 is 1.67 bits per heavy atom. The highest BCUT2D eigenvalue weighted by molar-refractivity contribution is 5.77. The normalized spacial score (nSPS) is 11.8. The third-order valence-electron chi connectivity index (χ3n) is 3.97. The van der Waals surface area contributed by atoms with Crippen LogP contribution in [0.3, 0.4) is 0 Å². The number of rotatable bonds is 10. The fourth-order valence-corrected chi connectivity index (χ4v) is 2.64. The molecule has 0 heterocycles. The van der Waals surface area contributed by atoms with Crippen LogP contribution in [0.15, 0.2) is 54.6 Å². The van der Waals surface area contributed by atoms with Gasteiger partial charge in [0.25, 0.3) is 0 Å². The van der Waals surface area contributed by atoms with Gasteiger partial charge in [-0.05, 0) is 36.1 Å². The lowest BCUT2D eigenvalue weighted by molar-refractivity contribution is -0.137. The van der Waals surface area contributed by atoms with Crippen molar-refractivity contribution in [2.24, 2.45) is 0 Å². The average molecular weight is 377 g/mol. The number of carbonyl (C=O) groups excluding carboxylic acids is 1. The SMILES string of the molecule is O=C(O)CCC(NC(=O)CCc1ccc(OC(F)F)cc1)c1ccccc1. The number of aryl methyl sites for hydroxylation is 1. The van der Waals surface area contributed by atoms with Crippen LogP contribution in [0, 0.1) is 0 Å².